The van der Waals surface area contributed by atoms with Crippen LogP contribution in [0.2, 0.25) is 0 Å². The zero-order chi connectivity index (χ0) is 47.6. The van der Waals surface area contributed by atoms with Crippen molar-refractivity contribution in [3.05, 3.63) is 11.6 Å². The molecule has 18 heteroatoms. The monoisotopic (exact) mass is 929 g/mol. The molecule has 0 aromatic carbocycles. The molecule has 23 atom stereocenters. The molecule has 0 aromatic heterocycles. The molecule has 18 nitrogen and oxygen atoms in total. The minimum absolute atomic E-state index is 0.167. The first-order chi connectivity index (χ1) is 30.3. The van der Waals surface area contributed by atoms with Crippen LogP contribution in [0.15, 0.2) is 11.6 Å². The van der Waals surface area contributed by atoms with Crippen LogP contribution in [0.3, 0.4) is 0 Å². The highest BCUT2D eigenvalue weighted by atomic mass is 16.7. The summed E-state index contributed by atoms with van der Waals surface area (Å²) in [5, 5.41) is 117. The molecule has 23 unspecified atom stereocenters. The lowest BCUT2D eigenvalue weighted by molar-refractivity contribution is -0.357. The zero-order valence-electron chi connectivity index (χ0n) is 38.8. The Morgan fingerprint density at radius 3 is 1.89 bits per heavy atom. The highest BCUT2D eigenvalue weighted by Gasteiger charge is 2.71. The van der Waals surface area contributed by atoms with Crippen LogP contribution >= 0.6 is 0 Å². The molecule has 0 spiro atoms. The Balaban J connectivity index is 1.02. The van der Waals surface area contributed by atoms with Crippen molar-refractivity contribution in [2.45, 2.75) is 204 Å². The van der Waals surface area contributed by atoms with E-state index in [2.05, 4.69) is 40.7 Å². The summed E-state index contributed by atoms with van der Waals surface area (Å²) in [6.07, 6.45) is -14.3. The molecular formula is C47H76O18. The van der Waals surface area contributed by atoms with Gasteiger partial charge in [0.1, 0.15) is 67.1 Å². The summed E-state index contributed by atoms with van der Waals surface area (Å²) in [7, 11) is 0. The zero-order valence-corrected chi connectivity index (χ0v) is 38.8. The summed E-state index contributed by atoms with van der Waals surface area (Å²) < 4.78 is 35.4. The van der Waals surface area contributed by atoms with Gasteiger partial charge in [0.2, 0.25) is 6.29 Å². The van der Waals surface area contributed by atoms with E-state index in [1.807, 2.05) is 13.8 Å². The van der Waals surface area contributed by atoms with Crippen LogP contribution in [-0.4, -0.2) is 180 Å². The van der Waals surface area contributed by atoms with Gasteiger partial charge >= 0.3 is 5.97 Å². The van der Waals surface area contributed by atoms with Gasteiger partial charge in [-0.1, -0.05) is 60.1 Å². The average Bonchev–Trinajstić information content (AvgIpc) is 3.25. The maximum absolute atomic E-state index is 14.7. The number of carbonyl (C=O) groups excluding carboxylic acids is 1. The number of hydrogen-bond donors (Lipinski definition) is 11. The minimum atomic E-state index is -1.75. The molecule has 7 fully saturated rings. The largest absolute Gasteiger partial charge is 0.432 e. The van der Waals surface area contributed by atoms with Gasteiger partial charge in [0, 0.05) is 5.92 Å². The molecule has 11 N–H and O–H groups in total. The molecule has 372 valence electrons. The Kier molecular flexibility index (Phi) is 13.4. The van der Waals surface area contributed by atoms with Gasteiger partial charge in [-0.25, -0.2) is 0 Å². The van der Waals surface area contributed by atoms with Gasteiger partial charge in [-0.2, -0.15) is 0 Å². The number of esters is 1. The van der Waals surface area contributed by atoms with Crippen molar-refractivity contribution in [1.29, 1.82) is 0 Å². The second kappa shape index (κ2) is 17.5. The van der Waals surface area contributed by atoms with E-state index in [-0.39, 0.29) is 35.4 Å². The first-order valence-corrected chi connectivity index (χ1v) is 23.8. The fourth-order valence-electron chi connectivity index (χ4n) is 14.8. The molecule has 0 radical (unpaired) electrons. The molecule has 5 aliphatic carbocycles. The number of fused-ring (bicyclic) bond motifs is 7. The maximum Gasteiger partial charge on any atom is 0.315 e. The van der Waals surface area contributed by atoms with Crippen LogP contribution in [-0.2, 0) is 33.2 Å². The van der Waals surface area contributed by atoms with Gasteiger partial charge in [0.05, 0.1) is 37.4 Å². The number of allylic oxidation sites excluding steroid dienone is 1. The predicted molar refractivity (Wildman–Crippen MR) is 226 cm³/mol. The molecule has 65 heavy (non-hydrogen) atoms. The lowest BCUT2D eigenvalue weighted by Gasteiger charge is -2.71. The molecule has 0 bridgehead atoms. The van der Waals surface area contributed by atoms with E-state index in [4.69, 9.17) is 28.4 Å². The van der Waals surface area contributed by atoms with E-state index < -0.39 is 139 Å². The summed E-state index contributed by atoms with van der Waals surface area (Å²) in [6, 6.07) is 0. The third kappa shape index (κ3) is 7.62. The van der Waals surface area contributed by atoms with E-state index in [1.54, 1.807) is 0 Å². The van der Waals surface area contributed by atoms with E-state index in [0.29, 0.717) is 32.1 Å². The Bertz CT molecular complexity index is 1770. The van der Waals surface area contributed by atoms with Gasteiger partial charge in [0.15, 0.2) is 12.6 Å². The Hall–Kier alpha value is -1.43. The molecular weight excluding hydrogens is 852 g/mol. The van der Waals surface area contributed by atoms with E-state index in [9.17, 15) is 61.0 Å². The van der Waals surface area contributed by atoms with Gasteiger partial charge in [-0.05, 0) is 96.7 Å². The first-order valence-electron chi connectivity index (χ1n) is 23.8. The topological polar surface area (TPSA) is 295 Å². The normalized spacial score (nSPS) is 53.9. The maximum atomic E-state index is 14.7. The van der Waals surface area contributed by atoms with Crippen LogP contribution in [0.1, 0.15) is 106 Å². The second-order valence-corrected chi connectivity index (χ2v) is 23.0. The van der Waals surface area contributed by atoms with Crippen LogP contribution in [0.25, 0.3) is 0 Å². The molecule has 8 aliphatic rings. The summed E-state index contributed by atoms with van der Waals surface area (Å²) in [4.78, 5) is 14.7. The third-order valence-electron chi connectivity index (χ3n) is 19.1. The predicted octanol–water partition coefficient (Wildman–Crippen LogP) is -0.250. The minimum Gasteiger partial charge on any atom is -0.432 e. The molecule has 3 saturated heterocycles. The van der Waals surface area contributed by atoms with Crippen LogP contribution in [0.5, 0.6) is 0 Å². The van der Waals surface area contributed by atoms with Gasteiger partial charge in [-0.15, -0.1) is 0 Å². The van der Waals surface area contributed by atoms with Crippen molar-refractivity contribution in [1.82, 2.24) is 0 Å². The van der Waals surface area contributed by atoms with E-state index in [1.165, 1.54) is 0 Å². The van der Waals surface area contributed by atoms with E-state index >= 15 is 0 Å². The number of carbonyl (C=O) groups is 1. The Labute approximate surface area is 380 Å². The van der Waals surface area contributed by atoms with Crippen LogP contribution in [0, 0.1) is 50.2 Å². The van der Waals surface area contributed by atoms with Crippen molar-refractivity contribution in [3.63, 3.8) is 0 Å². The number of aliphatic hydroxyl groups excluding tert-OH is 11. The van der Waals surface area contributed by atoms with Gasteiger partial charge in [0.25, 0.3) is 0 Å². The van der Waals surface area contributed by atoms with Crippen molar-refractivity contribution in [2.75, 3.05) is 19.8 Å². The van der Waals surface area contributed by atoms with Crippen molar-refractivity contribution in [3.8, 4) is 0 Å². The number of aliphatic hydroxyl groups is 11. The molecule has 0 amide bonds. The van der Waals surface area contributed by atoms with Crippen LogP contribution in [0.4, 0.5) is 0 Å². The summed E-state index contributed by atoms with van der Waals surface area (Å²) in [5.41, 5.74) is -1.87. The summed E-state index contributed by atoms with van der Waals surface area (Å²) >= 11 is 0. The van der Waals surface area contributed by atoms with Gasteiger partial charge < -0.3 is 84.6 Å². The highest BCUT2D eigenvalue weighted by Crippen LogP contribution is 2.76. The summed E-state index contributed by atoms with van der Waals surface area (Å²) in [6.45, 7) is 13.9. The lowest BCUT2D eigenvalue weighted by atomic mass is 9.33. The summed E-state index contributed by atoms with van der Waals surface area (Å²) in [5.74, 6) is -0.845. The highest BCUT2D eigenvalue weighted by molar-refractivity contribution is 5.79. The Morgan fingerprint density at radius 1 is 0.662 bits per heavy atom. The van der Waals surface area contributed by atoms with Crippen LogP contribution < -0.4 is 0 Å². The molecule has 4 saturated carbocycles. The standard InChI is InChI=1S/C47H76O18/c1-42(2)14-16-47(41(59)65-40-34(56)32(54)30(52)24(19-49)62-40)17-15-45(6)21(28(47)37(42)58)8-9-26-44(5)12-11-27(43(3,4)25(44)10-13-46(26,45)7)63-38-35(57)36(22(50)20-60-38)64-39-33(55)31(53)29(51)23(18-48)61-39/h8,22-40,48-58H,9-20H2,1-7H3. The van der Waals surface area contributed by atoms with E-state index in [0.717, 1.165) is 31.3 Å². The van der Waals surface area contributed by atoms with Crippen molar-refractivity contribution < 1.29 is 89.4 Å². The SMILES string of the molecule is CC1(C)CCC2(C(=O)OC3OC(CO)C(O)C(O)C3O)CCC3(C)C(=CCC4C5(C)CCC(OC6OCC(O)C(OC7OC(CO)C(O)C(O)C7O)C6O)C(C)(C)C5CCC43C)C2C1O. The van der Waals surface area contributed by atoms with Crippen molar-refractivity contribution >= 4 is 5.97 Å². The smallest absolute Gasteiger partial charge is 0.315 e. The molecule has 0 aromatic rings. The molecule has 3 heterocycles. The quantitative estimate of drug-likeness (QED) is 0.0850. The fourth-order valence-corrected chi connectivity index (χ4v) is 14.8. The molecule has 3 aliphatic heterocycles. The van der Waals surface area contributed by atoms with Crippen molar-refractivity contribution in [2.24, 2.45) is 50.2 Å². The molecule has 8 rings (SSSR count). The lowest BCUT2D eigenvalue weighted by Crippen LogP contribution is -2.67. The van der Waals surface area contributed by atoms with Gasteiger partial charge in [-0.3, -0.25) is 4.79 Å². The average molecular weight is 929 g/mol. The number of hydrogen-bond acceptors (Lipinski definition) is 18. The fraction of sp³-hybridized carbons (Fsp3) is 0.936. The third-order valence-corrected chi connectivity index (χ3v) is 19.1. The Morgan fingerprint density at radius 2 is 1.26 bits per heavy atom. The number of ether oxygens (including phenoxy) is 6. The number of rotatable bonds is 8. The first kappa shape index (κ1) is 50.0. The second-order valence-electron chi connectivity index (χ2n) is 23.0.